The summed E-state index contributed by atoms with van der Waals surface area (Å²) in [5.41, 5.74) is 2.26. The van der Waals surface area contributed by atoms with Crippen LogP contribution in [0.25, 0.3) is 0 Å². The zero-order valence-corrected chi connectivity index (χ0v) is 12.0. The minimum absolute atomic E-state index is 0.184. The van der Waals surface area contributed by atoms with Gasteiger partial charge in [0.05, 0.1) is 24.6 Å². The van der Waals surface area contributed by atoms with E-state index in [4.69, 9.17) is 4.74 Å². The van der Waals surface area contributed by atoms with Crippen LogP contribution < -0.4 is 4.90 Å². The Hall–Kier alpha value is -1.13. The van der Waals surface area contributed by atoms with Gasteiger partial charge in [-0.05, 0) is 24.5 Å². The molecular weight excluding hydrogens is 240 g/mol. The Morgan fingerprint density at radius 3 is 2.84 bits per heavy atom. The average molecular weight is 264 g/mol. The Morgan fingerprint density at radius 2 is 2.26 bits per heavy atom. The van der Waals surface area contributed by atoms with Gasteiger partial charge in [0.2, 0.25) is 0 Å². The summed E-state index contributed by atoms with van der Waals surface area (Å²) in [4.78, 5) is 6.79. The third-order valence-corrected chi connectivity index (χ3v) is 3.80. The molecule has 2 unspecified atom stereocenters. The Morgan fingerprint density at radius 1 is 1.47 bits per heavy atom. The lowest BCUT2D eigenvalue weighted by Crippen LogP contribution is -2.45. The molecule has 1 aliphatic heterocycles. The molecule has 2 rings (SSSR count). The van der Waals surface area contributed by atoms with E-state index in [0.717, 1.165) is 30.9 Å². The van der Waals surface area contributed by atoms with E-state index in [0.29, 0.717) is 12.5 Å². The summed E-state index contributed by atoms with van der Waals surface area (Å²) in [6.07, 6.45) is 2.48. The summed E-state index contributed by atoms with van der Waals surface area (Å²) < 4.78 is 5.18. The molecule has 1 fully saturated rings. The third kappa shape index (κ3) is 3.45. The highest BCUT2D eigenvalue weighted by atomic mass is 16.5. The molecule has 2 atom stereocenters. The number of methoxy groups -OCH3 is 1. The minimum Gasteiger partial charge on any atom is -0.393 e. The first kappa shape index (κ1) is 14.3. The van der Waals surface area contributed by atoms with Gasteiger partial charge in [0, 0.05) is 31.8 Å². The molecule has 2 heterocycles. The summed E-state index contributed by atoms with van der Waals surface area (Å²) in [5, 5.41) is 9.96. The minimum atomic E-state index is -0.251. The fourth-order valence-corrected chi connectivity index (χ4v) is 2.56. The van der Waals surface area contributed by atoms with Crippen molar-refractivity contribution < 1.29 is 9.84 Å². The van der Waals surface area contributed by atoms with E-state index >= 15 is 0 Å². The normalized spacial score (nSPS) is 23.9. The number of anilines is 1. The number of hydrogen-bond donors (Lipinski definition) is 1. The number of pyridine rings is 1. The van der Waals surface area contributed by atoms with Crippen molar-refractivity contribution in [1.29, 1.82) is 0 Å². The number of rotatable bonds is 4. The van der Waals surface area contributed by atoms with Gasteiger partial charge in [-0.3, -0.25) is 4.98 Å². The van der Waals surface area contributed by atoms with Crippen LogP contribution in [0.1, 0.15) is 31.9 Å². The van der Waals surface area contributed by atoms with Crippen molar-refractivity contribution in [2.45, 2.75) is 32.3 Å². The van der Waals surface area contributed by atoms with Crippen LogP contribution in [-0.2, 0) is 4.74 Å². The van der Waals surface area contributed by atoms with Crippen LogP contribution in [0.4, 0.5) is 5.69 Å². The summed E-state index contributed by atoms with van der Waals surface area (Å²) in [5.74, 6) is 0.641. The van der Waals surface area contributed by atoms with Gasteiger partial charge < -0.3 is 14.7 Å². The largest absolute Gasteiger partial charge is 0.393 e. The van der Waals surface area contributed by atoms with E-state index in [-0.39, 0.29) is 12.0 Å². The van der Waals surface area contributed by atoms with E-state index in [9.17, 15) is 5.11 Å². The van der Waals surface area contributed by atoms with Gasteiger partial charge in [0.25, 0.3) is 0 Å². The van der Waals surface area contributed by atoms with Gasteiger partial charge in [0.15, 0.2) is 0 Å². The quantitative estimate of drug-likeness (QED) is 0.904. The molecule has 1 N–H and O–H groups in total. The van der Waals surface area contributed by atoms with E-state index in [2.05, 4.69) is 35.9 Å². The average Bonchev–Trinajstić information content (AvgIpc) is 2.41. The monoisotopic (exact) mass is 264 g/mol. The molecule has 1 aromatic heterocycles. The molecule has 0 bridgehead atoms. The molecule has 0 amide bonds. The van der Waals surface area contributed by atoms with Crippen molar-refractivity contribution in [2.75, 3.05) is 31.7 Å². The first-order valence-electron chi connectivity index (χ1n) is 6.99. The molecule has 4 nitrogen and oxygen atoms in total. The fraction of sp³-hybridized carbons (Fsp3) is 0.667. The topological polar surface area (TPSA) is 45.6 Å². The molecule has 0 spiro atoms. The number of piperidine rings is 1. The highest BCUT2D eigenvalue weighted by Gasteiger charge is 2.27. The highest BCUT2D eigenvalue weighted by molar-refractivity contribution is 5.45. The van der Waals surface area contributed by atoms with Crippen molar-refractivity contribution in [3.05, 3.63) is 24.0 Å². The van der Waals surface area contributed by atoms with E-state index < -0.39 is 0 Å². The Balaban J connectivity index is 2.05. The molecular formula is C15H24N2O2. The zero-order chi connectivity index (χ0) is 13.8. The SMILES string of the molecule is COCC1CN(c2ccc(C(C)C)nc2)CCC1O. The molecule has 1 aromatic rings. The standard InChI is InChI=1S/C15H24N2O2/c1-11(2)14-5-4-13(8-16-14)17-7-6-15(18)12(9-17)10-19-3/h4-5,8,11-12,15,18H,6-7,9-10H2,1-3H3. The lowest BCUT2D eigenvalue weighted by Gasteiger charge is -2.37. The summed E-state index contributed by atoms with van der Waals surface area (Å²) in [6.45, 7) is 6.61. The number of aliphatic hydroxyl groups is 1. The molecule has 1 saturated heterocycles. The summed E-state index contributed by atoms with van der Waals surface area (Å²) in [6, 6.07) is 4.22. The lowest BCUT2D eigenvalue weighted by molar-refractivity contribution is 0.0359. The smallest absolute Gasteiger partial charge is 0.0624 e. The molecule has 0 saturated carbocycles. The van der Waals surface area contributed by atoms with Crippen LogP contribution in [-0.4, -0.2) is 43.0 Å². The first-order chi connectivity index (χ1) is 9.11. The highest BCUT2D eigenvalue weighted by Crippen LogP contribution is 2.24. The molecule has 106 valence electrons. The van der Waals surface area contributed by atoms with Crippen LogP contribution >= 0.6 is 0 Å². The molecule has 19 heavy (non-hydrogen) atoms. The Bertz CT molecular complexity index is 392. The number of ether oxygens (including phenoxy) is 1. The first-order valence-corrected chi connectivity index (χ1v) is 6.99. The van der Waals surface area contributed by atoms with E-state index in [1.165, 1.54) is 0 Å². The van der Waals surface area contributed by atoms with Crippen LogP contribution in [0.2, 0.25) is 0 Å². The molecule has 4 heteroatoms. The maximum Gasteiger partial charge on any atom is 0.0624 e. The van der Waals surface area contributed by atoms with Crippen LogP contribution in [0.15, 0.2) is 18.3 Å². The van der Waals surface area contributed by atoms with Crippen LogP contribution in [0.3, 0.4) is 0 Å². The second kappa shape index (κ2) is 6.35. The summed E-state index contributed by atoms with van der Waals surface area (Å²) in [7, 11) is 1.69. The zero-order valence-electron chi connectivity index (χ0n) is 12.0. The fourth-order valence-electron chi connectivity index (χ4n) is 2.56. The lowest BCUT2D eigenvalue weighted by atomic mass is 9.95. The third-order valence-electron chi connectivity index (χ3n) is 3.80. The Kier molecular flexibility index (Phi) is 4.77. The van der Waals surface area contributed by atoms with Crippen molar-refractivity contribution >= 4 is 5.69 Å². The second-order valence-corrected chi connectivity index (χ2v) is 5.61. The van der Waals surface area contributed by atoms with Crippen molar-refractivity contribution in [3.8, 4) is 0 Å². The molecule has 0 aromatic carbocycles. The van der Waals surface area contributed by atoms with Gasteiger partial charge in [-0.25, -0.2) is 0 Å². The summed E-state index contributed by atoms with van der Waals surface area (Å²) >= 11 is 0. The predicted molar refractivity (Wildman–Crippen MR) is 76.5 cm³/mol. The maximum atomic E-state index is 9.96. The predicted octanol–water partition coefficient (Wildman–Crippen LogP) is 2.04. The second-order valence-electron chi connectivity index (χ2n) is 5.61. The molecule has 0 radical (unpaired) electrons. The van der Waals surface area contributed by atoms with Gasteiger partial charge in [-0.1, -0.05) is 13.8 Å². The maximum absolute atomic E-state index is 9.96. The van der Waals surface area contributed by atoms with Crippen LogP contribution in [0, 0.1) is 5.92 Å². The molecule has 0 aliphatic carbocycles. The van der Waals surface area contributed by atoms with Gasteiger partial charge in [-0.15, -0.1) is 0 Å². The van der Waals surface area contributed by atoms with Crippen molar-refractivity contribution in [2.24, 2.45) is 5.92 Å². The number of aliphatic hydroxyl groups excluding tert-OH is 1. The van der Waals surface area contributed by atoms with E-state index in [1.807, 2.05) is 6.20 Å². The molecule has 1 aliphatic rings. The van der Waals surface area contributed by atoms with Gasteiger partial charge in [0.1, 0.15) is 0 Å². The van der Waals surface area contributed by atoms with Crippen LogP contribution in [0.5, 0.6) is 0 Å². The van der Waals surface area contributed by atoms with E-state index in [1.54, 1.807) is 7.11 Å². The number of aromatic nitrogens is 1. The van der Waals surface area contributed by atoms with Crippen molar-refractivity contribution in [1.82, 2.24) is 4.98 Å². The Labute approximate surface area is 115 Å². The van der Waals surface area contributed by atoms with Gasteiger partial charge in [-0.2, -0.15) is 0 Å². The number of hydrogen-bond acceptors (Lipinski definition) is 4. The van der Waals surface area contributed by atoms with Crippen molar-refractivity contribution in [3.63, 3.8) is 0 Å². The van der Waals surface area contributed by atoms with Gasteiger partial charge >= 0.3 is 0 Å². The number of nitrogens with zero attached hydrogens (tertiary/aromatic N) is 2.